The van der Waals surface area contributed by atoms with Crippen LogP contribution in [0.25, 0.3) is 0 Å². The van der Waals surface area contributed by atoms with Gasteiger partial charge in [0.2, 0.25) is 10.0 Å². The van der Waals surface area contributed by atoms with Gasteiger partial charge in [0.15, 0.2) is 0 Å². The normalized spacial score (nSPS) is 11.7. The van der Waals surface area contributed by atoms with Crippen molar-refractivity contribution in [3.63, 3.8) is 0 Å². The number of hydrogen-bond donors (Lipinski definition) is 1. The molecule has 0 fully saturated rings. The summed E-state index contributed by atoms with van der Waals surface area (Å²) in [5, 5.41) is 0.581. The zero-order valence-electron chi connectivity index (χ0n) is 7.50. The third-order valence-electron chi connectivity index (χ3n) is 1.57. The van der Waals surface area contributed by atoms with Crippen molar-refractivity contribution < 1.29 is 8.42 Å². The number of alkyl halides is 1. The molecule has 0 amide bonds. The van der Waals surface area contributed by atoms with Gasteiger partial charge < -0.3 is 0 Å². The quantitative estimate of drug-likeness (QED) is 0.760. The van der Waals surface area contributed by atoms with Gasteiger partial charge in [0.05, 0.1) is 4.90 Å². The van der Waals surface area contributed by atoms with Crippen molar-refractivity contribution in [2.45, 2.75) is 4.90 Å². The average Bonchev–Trinajstić information content (AvgIpc) is 2.18. The van der Waals surface area contributed by atoms with E-state index in [2.05, 4.69) is 52.5 Å². The Balaban J connectivity index is 3.09. The molecule has 0 radical (unpaired) electrons. The lowest BCUT2D eigenvalue weighted by molar-refractivity contribution is 0.584. The number of rotatable bonds is 4. The third-order valence-corrected chi connectivity index (χ3v) is 4.91. The molecule has 1 rings (SSSR count). The van der Waals surface area contributed by atoms with Crippen LogP contribution in [0.3, 0.4) is 0 Å². The lowest BCUT2D eigenvalue weighted by Crippen LogP contribution is -2.25. The van der Waals surface area contributed by atoms with Crippen molar-refractivity contribution in [3.05, 3.63) is 27.1 Å². The highest BCUT2D eigenvalue weighted by Crippen LogP contribution is 2.25. The predicted molar refractivity (Wildman–Crippen MR) is 70.8 cm³/mol. The second-order valence-electron chi connectivity index (χ2n) is 2.66. The molecule has 0 saturated heterocycles. The van der Waals surface area contributed by atoms with Crippen molar-refractivity contribution in [2.75, 3.05) is 11.9 Å². The van der Waals surface area contributed by atoms with Crippen LogP contribution in [0.4, 0.5) is 0 Å². The first-order valence-electron chi connectivity index (χ1n) is 3.98. The monoisotopic (exact) mass is 419 g/mol. The van der Waals surface area contributed by atoms with Crippen LogP contribution >= 0.6 is 47.8 Å². The number of benzene rings is 1. The van der Waals surface area contributed by atoms with Gasteiger partial charge in [0.25, 0.3) is 0 Å². The van der Waals surface area contributed by atoms with E-state index in [0.29, 0.717) is 16.3 Å². The van der Waals surface area contributed by atoms with Crippen molar-refractivity contribution in [1.82, 2.24) is 4.72 Å². The van der Waals surface area contributed by atoms with Crippen molar-refractivity contribution in [2.24, 2.45) is 0 Å². The van der Waals surface area contributed by atoms with Gasteiger partial charge in [-0.2, -0.15) is 0 Å². The summed E-state index contributed by atoms with van der Waals surface area (Å²) in [6.07, 6.45) is 0. The first-order chi connectivity index (χ1) is 6.97. The Bertz CT molecular complexity index is 447. The second kappa shape index (κ2) is 5.77. The van der Waals surface area contributed by atoms with Crippen molar-refractivity contribution >= 4 is 57.8 Å². The molecule has 1 aromatic carbocycles. The standard InChI is InChI=1S/C8H8Br3NO2S/c9-3-4-12-15(13,14)8-5-6(10)1-2-7(8)11/h1-2,5,12H,3-4H2. The molecule has 0 heterocycles. The molecule has 7 heteroatoms. The Kier molecular flexibility index (Phi) is 5.24. The fourth-order valence-electron chi connectivity index (χ4n) is 0.934. The fourth-order valence-corrected chi connectivity index (χ4v) is 3.93. The van der Waals surface area contributed by atoms with Gasteiger partial charge in [0.1, 0.15) is 0 Å². The van der Waals surface area contributed by atoms with E-state index in [1.807, 2.05) is 0 Å². The average molecular weight is 422 g/mol. The first kappa shape index (κ1) is 13.6. The molecule has 0 aromatic heterocycles. The maximum Gasteiger partial charge on any atom is 0.241 e. The van der Waals surface area contributed by atoms with Crippen LogP contribution in [0.1, 0.15) is 0 Å². The Morgan fingerprint density at radius 1 is 1.27 bits per heavy atom. The molecule has 0 unspecified atom stereocenters. The largest absolute Gasteiger partial charge is 0.241 e. The first-order valence-corrected chi connectivity index (χ1v) is 8.17. The molecule has 0 aliphatic heterocycles. The van der Waals surface area contributed by atoms with Crippen LogP contribution in [0.2, 0.25) is 0 Å². The minimum absolute atomic E-state index is 0.234. The predicted octanol–water partition coefficient (Wildman–Crippen LogP) is 2.88. The molecule has 1 N–H and O–H groups in total. The Labute approximate surface area is 114 Å². The summed E-state index contributed by atoms with van der Waals surface area (Å²) in [4.78, 5) is 0.234. The topological polar surface area (TPSA) is 46.2 Å². The highest BCUT2D eigenvalue weighted by Gasteiger charge is 2.16. The molecule has 0 atom stereocenters. The van der Waals surface area contributed by atoms with Crippen LogP contribution in [0.15, 0.2) is 32.0 Å². The van der Waals surface area contributed by atoms with E-state index >= 15 is 0 Å². The third kappa shape index (κ3) is 3.81. The second-order valence-corrected chi connectivity index (χ2v) is 6.96. The minimum atomic E-state index is -3.43. The lowest BCUT2D eigenvalue weighted by atomic mass is 10.4. The van der Waals surface area contributed by atoms with Crippen molar-refractivity contribution in [1.29, 1.82) is 0 Å². The highest BCUT2D eigenvalue weighted by atomic mass is 79.9. The number of hydrogen-bond acceptors (Lipinski definition) is 2. The molecule has 84 valence electrons. The molecule has 3 nitrogen and oxygen atoms in total. The van der Waals surface area contributed by atoms with Crippen LogP contribution in [0, 0.1) is 0 Å². The summed E-state index contributed by atoms with van der Waals surface area (Å²) in [5.74, 6) is 0. The van der Waals surface area contributed by atoms with Crippen LogP contribution in [-0.2, 0) is 10.0 Å². The van der Waals surface area contributed by atoms with Gasteiger partial charge in [0, 0.05) is 20.8 Å². The molecule has 0 saturated carbocycles. The molecule has 15 heavy (non-hydrogen) atoms. The SMILES string of the molecule is O=S(=O)(NCCBr)c1cc(Br)ccc1Br. The Morgan fingerprint density at radius 2 is 1.93 bits per heavy atom. The van der Waals surface area contributed by atoms with E-state index < -0.39 is 10.0 Å². The van der Waals surface area contributed by atoms with E-state index in [0.717, 1.165) is 4.47 Å². The molecular weight excluding hydrogens is 414 g/mol. The zero-order chi connectivity index (χ0) is 11.5. The van der Waals surface area contributed by atoms with E-state index in [1.54, 1.807) is 18.2 Å². The summed E-state index contributed by atoms with van der Waals surface area (Å²) in [6.45, 7) is 0.362. The van der Waals surface area contributed by atoms with Crippen molar-refractivity contribution in [3.8, 4) is 0 Å². The zero-order valence-corrected chi connectivity index (χ0v) is 13.1. The Morgan fingerprint density at radius 3 is 2.53 bits per heavy atom. The molecule has 0 spiro atoms. The lowest BCUT2D eigenvalue weighted by Gasteiger charge is -2.07. The van der Waals surface area contributed by atoms with Crippen LogP contribution in [0.5, 0.6) is 0 Å². The molecule has 1 aromatic rings. The molecule has 0 bridgehead atoms. The van der Waals surface area contributed by atoms with Crippen LogP contribution in [-0.4, -0.2) is 20.3 Å². The molecular formula is C8H8Br3NO2S. The van der Waals surface area contributed by atoms with Gasteiger partial charge in [-0.05, 0) is 34.1 Å². The van der Waals surface area contributed by atoms with Gasteiger partial charge >= 0.3 is 0 Å². The number of nitrogens with one attached hydrogen (secondary N) is 1. The maximum absolute atomic E-state index is 11.8. The maximum atomic E-state index is 11.8. The molecule has 0 aliphatic carbocycles. The highest BCUT2D eigenvalue weighted by molar-refractivity contribution is 9.11. The van der Waals surface area contributed by atoms with E-state index in [1.165, 1.54) is 0 Å². The van der Waals surface area contributed by atoms with Gasteiger partial charge in [-0.25, -0.2) is 13.1 Å². The number of halogens is 3. The Hall–Kier alpha value is 0.570. The van der Waals surface area contributed by atoms with Gasteiger partial charge in [-0.3, -0.25) is 0 Å². The van der Waals surface area contributed by atoms with E-state index in [4.69, 9.17) is 0 Å². The molecule has 0 aliphatic rings. The van der Waals surface area contributed by atoms with Gasteiger partial charge in [-0.15, -0.1) is 0 Å². The summed E-state index contributed by atoms with van der Waals surface area (Å²) >= 11 is 9.60. The van der Waals surface area contributed by atoms with E-state index in [-0.39, 0.29) is 4.90 Å². The summed E-state index contributed by atoms with van der Waals surface area (Å²) in [6, 6.07) is 5.01. The smallest absolute Gasteiger partial charge is 0.210 e. The fraction of sp³-hybridized carbons (Fsp3) is 0.250. The van der Waals surface area contributed by atoms with E-state index in [9.17, 15) is 8.42 Å². The summed E-state index contributed by atoms with van der Waals surface area (Å²) < 4.78 is 27.3. The minimum Gasteiger partial charge on any atom is -0.210 e. The van der Waals surface area contributed by atoms with Gasteiger partial charge in [-0.1, -0.05) is 31.9 Å². The summed E-state index contributed by atoms with van der Waals surface area (Å²) in [7, 11) is -3.43. The summed E-state index contributed by atoms with van der Waals surface area (Å²) in [5.41, 5.74) is 0. The van der Waals surface area contributed by atoms with Crippen LogP contribution < -0.4 is 4.72 Å². The number of sulfonamides is 1.